The van der Waals surface area contributed by atoms with Crippen molar-refractivity contribution in [2.75, 3.05) is 26.3 Å². The number of carbonyl (C=O) groups excluding carboxylic acids is 3. The maximum atomic E-state index is 15.0. The summed E-state index contributed by atoms with van der Waals surface area (Å²) in [6.07, 6.45) is 11.9. The van der Waals surface area contributed by atoms with Gasteiger partial charge in [-0.15, -0.1) is 0 Å². The fourth-order valence-corrected chi connectivity index (χ4v) is 16.1. The second-order valence-corrected chi connectivity index (χ2v) is 23.6. The monoisotopic (exact) mass is 823 g/mol. The third kappa shape index (κ3) is 6.80. The molecule has 13 atom stereocenters. The zero-order valence-corrected chi connectivity index (χ0v) is 38.2. The fraction of sp³-hybridized carbons (Fsp3) is 0.878. The molecule has 0 bridgehead atoms. The summed E-state index contributed by atoms with van der Waals surface area (Å²) in [4.78, 5) is 52.6. The number of esters is 1. The van der Waals surface area contributed by atoms with Crippen LogP contribution in [0.4, 0.5) is 4.79 Å². The summed E-state index contributed by atoms with van der Waals surface area (Å²) in [5.74, 6) is 2.83. The zero-order valence-electron chi connectivity index (χ0n) is 38.2. The molecule has 3 N–H and O–H groups in total. The van der Waals surface area contributed by atoms with Gasteiger partial charge in [-0.05, 0) is 147 Å². The van der Waals surface area contributed by atoms with Crippen molar-refractivity contribution >= 4 is 23.9 Å². The number of carbonyl (C=O) groups is 4. The lowest BCUT2D eigenvalue weighted by Gasteiger charge is -2.73. The lowest BCUT2D eigenvalue weighted by atomic mass is 9.32. The molecule has 59 heavy (non-hydrogen) atoms. The first-order chi connectivity index (χ1) is 27.4. The number of allylic oxidation sites excluding steroid dienone is 1. The van der Waals surface area contributed by atoms with Gasteiger partial charge in [-0.25, -0.2) is 4.79 Å². The Morgan fingerprint density at radius 3 is 1.97 bits per heavy atom. The van der Waals surface area contributed by atoms with Crippen LogP contribution in [0.5, 0.6) is 0 Å². The van der Waals surface area contributed by atoms with Crippen LogP contribution >= 0.6 is 0 Å². The van der Waals surface area contributed by atoms with Gasteiger partial charge in [0, 0.05) is 30.5 Å². The topological polar surface area (TPSA) is 142 Å². The number of ether oxygens (including phenoxy) is 2. The van der Waals surface area contributed by atoms with Crippen molar-refractivity contribution in [3.8, 4) is 0 Å². The minimum Gasteiger partial charge on any atom is -0.462 e. The van der Waals surface area contributed by atoms with Crippen molar-refractivity contribution in [2.24, 2.45) is 79.3 Å². The molecule has 8 aliphatic rings. The van der Waals surface area contributed by atoms with Crippen LogP contribution in [0.2, 0.25) is 0 Å². The van der Waals surface area contributed by atoms with E-state index in [0.717, 1.165) is 57.8 Å². The van der Waals surface area contributed by atoms with Gasteiger partial charge in [0.15, 0.2) is 0 Å². The first-order valence-corrected chi connectivity index (χ1v) is 23.3. The zero-order chi connectivity index (χ0) is 43.3. The maximum Gasteiger partial charge on any atom is 0.503 e. The molecule has 1 aliphatic heterocycles. The Morgan fingerprint density at radius 2 is 1.39 bits per heavy atom. The Kier molecular flexibility index (Phi) is 11.3. The van der Waals surface area contributed by atoms with E-state index in [2.05, 4.69) is 81.1 Å². The Bertz CT molecular complexity index is 1700. The van der Waals surface area contributed by atoms with E-state index < -0.39 is 6.16 Å². The molecule has 10 heteroatoms. The second-order valence-electron chi connectivity index (χ2n) is 23.6. The number of fused-ring (bicyclic) bond motifs is 7. The highest BCUT2D eigenvalue weighted by Crippen LogP contribution is 2.77. The van der Waals surface area contributed by atoms with E-state index in [1.165, 1.54) is 31.3 Å². The van der Waals surface area contributed by atoms with Crippen LogP contribution in [-0.2, 0) is 23.9 Å². The molecule has 0 aromatic carbocycles. The number of nitrogens with zero attached hydrogens (tertiary/aromatic N) is 1. The summed E-state index contributed by atoms with van der Waals surface area (Å²) in [5, 5.41) is 17.6. The molecule has 1 heterocycles. The number of carboxylic acid groups (broad SMARTS) is 2. The first-order valence-electron chi connectivity index (χ1n) is 23.3. The van der Waals surface area contributed by atoms with Gasteiger partial charge in [-0.2, -0.15) is 0 Å². The van der Waals surface area contributed by atoms with Crippen molar-refractivity contribution < 1.29 is 38.9 Å². The molecular weight excluding hydrogens is 745 g/mol. The van der Waals surface area contributed by atoms with E-state index in [9.17, 15) is 9.59 Å². The summed E-state index contributed by atoms with van der Waals surface area (Å²) < 4.78 is 12.0. The molecule has 2 amide bonds. The van der Waals surface area contributed by atoms with Crippen molar-refractivity contribution in [1.29, 1.82) is 0 Å². The normalized spacial score (nSPS) is 44.8. The minimum absolute atomic E-state index is 0.0113. The molecule has 7 aliphatic carbocycles. The van der Waals surface area contributed by atoms with E-state index >= 15 is 4.79 Å². The highest BCUT2D eigenvalue weighted by Gasteiger charge is 2.72. The van der Waals surface area contributed by atoms with E-state index in [0.29, 0.717) is 55.9 Å². The van der Waals surface area contributed by atoms with Crippen LogP contribution in [0.25, 0.3) is 0 Å². The summed E-state index contributed by atoms with van der Waals surface area (Å²) >= 11 is 0. The van der Waals surface area contributed by atoms with Crippen molar-refractivity contribution in [3.63, 3.8) is 0 Å². The Labute approximate surface area is 354 Å². The van der Waals surface area contributed by atoms with Gasteiger partial charge < -0.3 is 29.9 Å². The smallest absolute Gasteiger partial charge is 0.462 e. The summed E-state index contributed by atoms with van der Waals surface area (Å²) in [6.45, 7) is 31.0. The lowest BCUT2D eigenvalue weighted by Crippen LogP contribution is -2.68. The summed E-state index contributed by atoms with van der Waals surface area (Å²) in [5.41, 5.74) is 1.14. The van der Waals surface area contributed by atoms with Gasteiger partial charge >= 0.3 is 12.1 Å². The average Bonchev–Trinajstić information content (AvgIpc) is 3.55. The van der Waals surface area contributed by atoms with Crippen LogP contribution in [-0.4, -0.2) is 77.5 Å². The summed E-state index contributed by atoms with van der Waals surface area (Å²) in [7, 11) is 0. The van der Waals surface area contributed by atoms with Gasteiger partial charge in [0.25, 0.3) is 0 Å². The van der Waals surface area contributed by atoms with Crippen molar-refractivity contribution in [2.45, 2.75) is 165 Å². The molecule has 8 rings (SSSR count). The molecule has 332 valence electrons. The molecule has 10 nitrogen and oxygen atoms in total. The third-order valence-corrected chi connectivity index (χ3v) is 20.2. The van der Waals surface area contributed by atoms with Gasteiger partial charge in [0.1, 0.15) is 6.10 Å². The largest absolute Gasteiger partial charge is 0.503 e. The Hall–Kier alpha value is -2.62. The predicted octanol–water partition coefficient (Wildman–Crippen LogP) is 9.60. The number of hydrogen-bond acceptors (Lipinski definition) is 6. The number of nitrogens with one attached hydrogen (secondary N) is 1. The standard InChI is InChI=1S/C48H76N2O5.CH2O3/c1-29(2)30-14-21-48(41(53)49-36-28-33(43(36,5)6)39(51)50-24-26-54-27-25-50)23-22-46(10)31(38(30)48)12-13-35-45(9)19-17-37(55-40(52)32-15-18-42(32,3)4)44(7,8)34(45)16-20-47(35,46)11;2-1(3)4/h30-38H,1,12-28H2,2-11H3,(H,49,53);(H2,2,3,4)/t30-,31+,32-,33-,34-,35+,36-,37-,38+,45-,46+,47+,48-;/m0./s1. The molecule has 7 saturated carbocycles. The van der Waals surface area contributed by atoms with Gasteiger partial charge in [0.05, 0.1) is 24.5 Å². The first kappa shape index (κ1) is 44.4. The van der Waals surface area contributed by atoms with Gasteiger partial charge in [-0.1, -0.05) is 74.5 Å². The van der Waals surface area contributed by atoms with Gasteiger partial charge in [-0.3, -0.25) is 14.4 Å². The lowest BCUT2D eigenvalue weighted by molar-refractivity contribution is -0.250. The molecule has 0 radical (unpaired) electrons. The van der Waals surface area contributed by atoms with E-state index in [1.54, 1.807) is 0 Å². The SMILES string of the molecule is C=C(C)[C@@H]1CC[C@]2(C(=O)N[C@H]3C[C@@H](C(=O)N4CCOCC4)C3(C)C)CC[C@]3(C)[C@H](CC[C@@H]4[C@@]5(C)CC[C@H](OC(=O)[C@@H]6CCC6(C)C)C(C)(C)[C@@H]5CC[C@]43C)[C@@H]12.O=C(O)O. The summed E-state index contributed by atoms with van der Waals surface area (Å²) in [6, 6.07) is 0.0173. The van der Waals surface area contributed by atoms with Crippen LogP contribution in [0.15, 0.2) is 12.2 Å². The molecule has 0 aromatic heterocycles. The molecule has 8 fully saturated rings. The predicted molar refractivity (Wildman–Crippen MR) is 227 cm³/mol. The van der Waals surface area contributed by atoms with E-state index in [4.69, 9.17) is 24.5 Å². The molecule has 0 aromatic rings. The van der Waals surface area contributed by atoms with Crippen molar-refractivity contribution in [1.82, 2.24) is 10.2 Å². The maximum absolute atomic E-state index is 15.0. The number of rotatable bonds is 6. The molecule has 1 saturated heterocycles. The third-order valence-electron chi connectivity index (χ3n) is 20.2. The molecular formula is C49H78N2O8. The molecule has 0 spiro atoms. The highest BCUT2D eigenvalue weighted by atomic mass is 16.6. The second kappa shape index (κ2) is 15.0. The quantitative estimate of drug-likeness (QED) is 0.178. The minimum atomic E-state index is -1.83. The number of hydrogen-bond donors (Lipinski definition) is 3. The highest BCUT2D eigenvalue weighted by molar-refractivity contribution is 5.86. The average molecular weight is 823 g/mol. The van der Waals surface area contributed by atoms with Crippen molar-refractivity contribution in [3.05, 3.63) is 12.2 Å². The van der Waals surface area contributed by atoms with Crippen LogP contribution in [0.1, 0.15) is 153 Å². The Balaban J connectivity index is 0.00000126. The fourth-order valence-electron chi connectivity index (χ4n) is 16.1. The van der Waals surface area contributed by atoms with Gasteiger partial charge in [0.2, 0.25) is 11.8 Å². The van der Waals surface area contributed by atoms with Crippen LogP contribution in [0, 0.1) is 79.3 Å². The van der Waals surface area contributed by atoms with E-state index in [-0.39, 0.29) is 79.7 Å². The number of morpholine rings is 1. The number of amides is 2. The van der Waals surface area contributed by atoms with Crippen LogP contribution < -0.4 is 5.32 Å². The van der Waals surface area contributed by atoms with Crippen LogP contribution in [0.3, 0.4) is 0 Å². The Morgan fingerprint density at radius 1 is 0.729 bits per heavy atom. The van der Waals surface area contributed by atoms with E-state index in [1.807, 2.05) is 4.90 Å². The molecule has 0 unspecified atom stereocenters.